The number of benzene rings is 1. The summed E-state index contributed by atoms with van der Waals surface area (Å²) >= 11 is 1.24. The van der Waals surface area contributed by atoms with Gasteiger partial charge < -0.3 is 14.5 Å². The molecule has 1 heterocycles. The first kappa shape index (κ1) is 18.3. The van der Waals surface area contributed by atoms with E-state index < -0.39 is 0 Å². The zero-order chi connectivity index (χ0) is 17.4. The van der Waals surface area contributed by atoms with Crippen LogP contribution in [0, 0.1) is 5.92 Å². The van der Waals surface area contributed by atoms with Gasteiger partial charge >= 0.3 is 0 Å². The van der Waals surface area contributed by atoms with Crippen LogP contribution in [0.15, 0.2) is 33.9 Å². The van der Waals surface area contributed by atoms with Crippen molar-refractivity contribution < 1.29 is 13.9 Å². The summed E-state index contributed by atoms with van der Waals surface area (Å²) in [6, 6.07) is 7.36. The van der Waals surface area contributed by atoms with Gasteiger partial charge in [0.2, 0.25) is 11.8 Å². The molecule has 1 aromatic heterocycles. The van der Waals surface area contributed by atoms with Gasteiger partial charge in [-0.3, -0.25) is 4.79 Å². The monoisotopic (exact) mass is 349 g/mol. The van der Waals surface area contributed by atoms with Gasteiger partial charge in [-0.15, -0.1) is 10.2 Å². The van der Waals surface area contributed by atoms with Crippen molar-refractivity contribution in [3.63, 3.8) is 0 Å². The average Bonchev–Trinajstić information content (AvgIpc) is 3.06. The van der Waals surface area contributed by atoms with E-state index in [1.165, 1.54) is 11.8 Å². The summed E-state index contributed by atoms with van der Waals surface area (Å²) in [7, 11) is 1.62. The molecular formula is C17H23N3O3S. The molecule has 0 saturated heterocycles. The number of methoxy groups -OCH3 is 1. The number of nitrogens with one attached hydrogen (secondary N) is 1. The van der Waals surface area contributed by atoms with Gasteiger partial charge in [0.15, 0.2) is 0 Å². The fraction of sp³-hybridized carbons (Fsp3) is 0.471. The van der Waals surface area contributed by atoms with Crippen molar-refractivity contribution in [2.75, 3.05) is 19.4 Å². The van der Waals surface area contributed by atoms with Crippen LogP contribution in [-0.2, 0) is 4.79 Å². The quantitative estimate of drug-likeness (QED) is 0.552. The fourth-order valence-corrected chi connectivity index (χ4v) is 2.63. The van der Waals surface area contributed by atoms with E-state index in [0.717, 1.165) is 24.2 Å². The van der Waals surface area contributed by atoms with Crippen LogP contribution in [0.2, 0.25) is 0 Å². The molecule has 2 aromatic rings. The van der Waals surface area contributed by atoms with Gasteiger partial charge in [0.1, 0.15) is 5.75 Å². The Kier molecular flexibility index (Phi) is 7.11. The van der Waals surface area contributed by atoms with Gasteiger partial charge in [-0.05, 0) is 43.0 Å². The maximum atomic E-state index is 11.8. The standard InChI is InChI=1S/C17H23N3O3S/c1-12(2)5-4-10-18-15(21)11-24-17-20-19-16(23-17)13-6-8-14(22-3)9-7-13/h6-9,12H,4-5,10-11H2,1-3H3,(H,18,21). The predicted molar refractivity (Wildman–Crippen MR) is 94.1 cm³/mol. The normalized spacial score (nSPS) is 10.8. The van der Waals surface area contributed by atoms with Crippen molar-refractivity contribution >= 4 is 17.7 Å². The molecule has 24 heavy (non-hydrogen) atoms. The van der Waals surface area contributed by atoms with Crippen molar-refractivity contribution in [2.24, 2.45) is 5.92 Å². The third-order valence-electron chi connectivity index (χ3n) is 3.35. The highest BCUT2D eigenvalue weighted by Gasteiger charge is 2.11. The van der Waals surface area contributed by atoms with Crippen LogP contribution in [0.25, 0.3) is 11.5 Å². The van der Waals surface area contributed by atoms with Gasteiger partial charge in [0.05, 0.1) is 12.9 Å². The fourth-order valence-electron chi connectivity index (χ4n) is 2.03. The SMILES string of the molecule is COc1ccc(-c2nnc(SCC(=O)NCCCC(C)C)o2)cc1. The highest BCUT2D eigenvalue weighted by atomic mass is 32.2. The minimum atomic E-state index is -0.0204. The van der Waals surface area contributed by atoms with Gasteiger partial charge in [-0.25, -0.2) is 0 Å². The van der Waals surface area contributed by atoms with Gasteiger partial charge in [-0.2, -0.15) is 0 Å². The number of hydrogen-bond donors (Lipinski definition) is 1. The minimum absolute atomic E-state index is 0.0204. The summed E-state index contributed by atoms with van der Waals surface area (Å²) in [5.74, 6) is 2.10. The predicted octanol–water partition coefficient (Wildman–Crippen LogP) is 3.39. The molecule has 0 atom stereocenters. The van der Waals surface area contributed by atoms with Crippen molar-refractivity contribution in [1.82, 2.24) is 15.5 Å². The van der Waals surface area contributed by atoms with E-state index >= 15 is 0 Å². The lowest BCUT2D eigenvalue weighted by molar-refractivity contribution is -0.118. The Morgan fingerprint density at radius 3 is 2.71 bits per heavy atom. The molecule has 6 nitrogen and oxygen atoms in total. The molecule has 0 saturated carbocycles. The molecule has 0 unspecified atom stereocenters. The van der Waals surface area contributed by atoms with Gasteiger partial charge in [0, 0.05) is 12.1 Å². The molecule has 1 aromatic carbocycles. The number of thioether (sulfide) groups is 1. The van der Waals surface area contributed by atoms with Crippen LogP contribution in [0.5, 0.6) is 5.75 Å². The molecule has 1 N–H and O–H groups in total. The smallest absolute Gasteiger partial charge is 0.277 e. The Morgan fingerprint density at radius 1 is 1.29 bits per heavy atom. The highest BCUT2D eigenvalue weighted by molar-refractivity contribution is 7.99. The van der Waals surface area contributed by atoms with Crippen molar-refractivity contribution in [3.8, 4) is 17.2 Å². The van der Waals surface area contributed by atoms with Gasteiger partial charge in [0.25, 0.3) is 5.22 Å². The Bertz CT molecular complexity index is 641. The summed E-state index contributed by atoms with van der Waals surface area (Å²) < 4.78 is 10.7. The largest absolute Gasteiger partial charge is 0.497 e. The second-order valence-corrected chi connectivity index (χ2v) is 6.70. The van der Waals surface area contributed by atoms with E-state index in [4.69, 9.17) is 9.15 Å². The highest BCUT2D eigenvalue weighted by Crippen LogP contribution is 2.24. The van der Waals surface area contributed by atoms with Crippen LogP contribution < -0.4 is 10.1 Å². The number of ether oxygens (including phenoxy) is 1. The van der Waals surface area contributed by atoms with E-state index in [-0.39, 0.29) is 11.7 Å². The maximum Gasteiger partial charge on any atom is 0.277 e. The molecule has 0 fully saturated rings. The summed E-state index contributed by atoms with van der Waals surface area (Å²) in [5, 5.41) is 11.2. The molecular weight excluding hydrogens is 326 g/mol. The first-order valence-corrected chi connectivity index (χ1v) is 8.94. The number of carbonyl (C=O) groups excluding carboxylic acids is 1. The van der Waals surface area contributed by atoms with E-state index in [2.05, 4.69) is 29.4 Å². The first-order chi connectivity index (χ1) is 11.6. The molecule has 0 aliphatic carbocycles. The summed E-state index contributed by atoms with van der Waals surface area (Å²) in [6.07, 6.45) is 2.11. The lowest BCUT2D eigenvalue weighted by atomic mass is 10.1. The molecule has 7 heteroatoms. The maximum absolute atomic E-state index is 11.8. The second-order valence-electron chi connectivity index (χ2n) is 5.78. The number of rotatable bonds is 9. The number of carbonyl (C=O) groups is 1. The van der Waals surface area contributed by atoms with Crippen LogP contribution in [0.4, 0.5) is 0 Å². The molecule has 130 valence electrons. The third kappa shape index (κ3) is 5.88. The minimum Gasteiger partial charge on any atom is -0.497 e. The molecule has 2 rings (SSSR count). The van der Waals surface area contributed by atoms with Crippen LogP contribution in [0.3, 0.4) is 0 Å². The first-order valence-electron chi connectivity index (χ1n) is 7.96. The molecule has 1 amide bonds. The zero-order valence-electron chi connectivity index (χ0n) is 14.2. The molecule has 0 spiro atoms. The van der Waals surface area contributed by atoms with Crippen molar-refractivity contribution in [2.45, 2.75) is 31.9 Å². The van der Waals surface area contributed by atoms with E-state index in [9.17, 15) is 4.79 Å². The van der Waals surface area contributed by atoms with E-state index in [0.29, 0.717) is 23.6 Å². The van der Waals surface area contributed by atoms with Crippen LogP contribution >= 0.6 is 11.8 Å². The number of amides is 1. The van der Waals surface area contributed by atoms with E-state index in [1.807, 2.05) is 24.3 Å². The topological polar surface area (TPSA) is 77.2 Å². The lowest BCUT2D eigenvalue weighted by Gasteiger charge is -2.05. The second kappa shape index (κ2) is 9.32. The lowest BCUT2D eigenvalue weighted by Crippen LogP contribution is -2.26. The summed E-state index contributed by atoms with van der Waals surface area (Å²) in [5.41, 5.74) is 0.813. The zero-order valence-corrected chi connectivity index (χ0v) is 15.1. The third-order valence-corrected chi connectivity index (χ3v) is 4.17. The summed E-state index contributed by atoms with van der Waals surface area (Å²) in [6.45, 7) is 5.06. The average molecular weight is 349 g/mol. The van der Waals surface area contributed by atoms with Crippen molar-refractivity contribution in [3.05, 3.63) is 24.3 Å². The van der Waals surface area contributed by atoms with Crippen LogP contribution in [0.1, 0.15) is 26.7 Å². The number of aromatic nitrogens is 2. The Morgan fingerprint density at radius 2 is 2.04 bits per heavy atom. The van der Waals surface area contributed by atoms with Gasteiger partial charge in [-0.1, -0.05) is 25.6 Å². The summed E-state index contributed by atoms with van der Waals surface area (Å²) in [4.78, 5) is 11.8. The van der Waals surface area contributed by atoms with E-state index in [1.54, 1.807) is 7.11 Å². The Balaban J connectivity index is 1.77. The van der Waals surface area contributed by atoms with Crippen LogP contribution in [-0.4, -0.2) is 35.5 Å². The number of hydrogen-bond acceptors (Lipinski definition) is 6. The van der Waals surface area contributed by atoms with Crippen molar-refractivity contribution in [1.29, 1.82) is 0 Å². The molecule has 0 radical (unpaired) electrons. The number of nitrogens with zero attached hydrogens (tertiary/aromatic N) is 2. The molecule has 0 aliphatic heterocycles. The Hall–Kier alpha value is -2.02. The Labute approximate surface area is 146 Å². The molecule has 0 bridgehead atoms. The molecule has 0 aliphatic rings.